The van der Waals surface area contributed by atoms with Crippen LogP contribution in [0.2, 0.25) is 0 Å². The predicted molar refractivity (Wildman–Crippen MR) is 88.7 cm³/mol. The highest BCUT2D eigenvalue weighted by atomic mass is 16.5. The summed E-state index contributed by atoms with van der Waals surface area (Å²) >= 11 is 0. The molecule has 2 rings (SSSR count). The van der Waals surface area contributed by atoms with Crippen LogP contribution in [0, 0.1) is 17.2 Å². The van der Waals surface area contributed by atoms with Crippen molar-refractivity contribution in [1.82, 2.24) is 9.80 Å². The SMILES string of the molecule is CC(C)COc1ccc(CN2CCN(CCC#N)CC2)cc1. The zero-order chi connectivity index (χ0) is 15.8. The summed E-state index contributed by atoms with van der Waals surface area (Å²) in [5.74, 6) is 1.51. The number of rotatable bonds is 7. The van der Waals surface area contributed by atoms with Gasteiger partial charge in [0.15, 0.2) is 0 Å². The third-order valence-corrected chi connectivity index (χ3v) is 3.92. The number of nitrogens with zero attached hydrogens (tertiary/aromatic N) is 3. The number of ether oxygens (including phenoxy) is 1. The molecule has 120 valence electrons. The molecule has 0 bridgehead atoms. The molecule has 4 nitrogen and oxygen atoms in total. The molecule has 0 saturated carbocycles. The van der Waals surface area contributed by atoms with Crippen LogP contribution in [-0.2, 0) is 6.54 Å². The molecule has 0 aliphatic carbocycles. The molecule has 1 saturated heterocycles. The van der Waals surface area contributed by atoms with Gasteiger partial charge in [0, 0.05) is 45.7 Å². The molecule has 1 aliphatic rings. The molecule has 0 unspecified atom stereocenters. The highest BCUT2D eigenvalue weighted by Crippen LogP contribution is 2.15. The van der Waals surface area contributed by atoms with E-state index in [2.05, 4.69) is 54.0 Å². The lowest BCUT2D eigenvalue weighted by Crippen LogP contribution is -2.46. The molecule has 1 aromatic rings. The second kappa shape index (κ2) is 8.77. The van der Waals surface area contributed by atoms with Crippen LogP contribution in [0.4, 0.5) is 0 Å². The van der Waals surface area contributed by atoms with Gasteiger partial charge in [0.1, 0.15) is 5.75 Å². The van der Waals surface area contributed by atoms with Gasteiger partial charge in [-0.1, -0.05) is 26.0 Å². The lowest BCUT2D eigenvalue weighted by atomic mass is 10.2. The van der Waals surface area contributed by atoms with E-state index in [0.717, 1.165) is 51.6 Å². The van der Waals surface area contributed by atoms with Crippen LogP contribution < -0.4 is 4.74 Å². The van der Waals surface area contributed by atoms with Crippen molar-refractivity contribution in [2.75, 3.05) is 39.3 Å². The zero-order valence-corrected chi connectivity index (χ0v) is 13.8. The third-order valence-electron chi connectivity index (χ3n) is 3.92. The Labute approximate surface area is 134 Å². The molecular weight excluding hydrogens is 274 g/mol. The summed E-state index contributed by atoms with van der Waals surface area (Å²) in [4.78, 5) is 4.86. The van der Waals surface area contributed by atoms with E-state index in [4.69, 9.17) is 10.00 Å². The van der Waals surface area contributed by atoms with Crippen LogP contribution in [0.15, 0.2) is 24.3 Å². The fourth-order valence-electron chi connectivity index (χ4n) is 2.59. The van der Waals surface area contributed by atoms with Gasteiger partial charge >= 0.3 is 0 Å². The Hall–Kier alpha value is -1.57. The number of benzene rings is 1. The topological polar surface area (TPSA) is 39.5 Å². The van der Waals surface area contributed by atoms with E-state index in [9.17, 15) is 0 Å². The van der Waals surface area contributed by atoms with Crippen LogP contribution in [0.3, 0.4) is 0 Å². The normalized spacial score (nSPS) is 16.6. The second-order valence-electron chi connectivity index (χ2n) is 6.37. The minimum Gasteiger partial charge on any atom is -0.493 e. The second-order valence-corrected chi connectivity index (χ2v) is 6.37. The highest BCUT2D eigenvalue weighted by Gasteiger charge is 2.16. The van der Waals surface area contributed by atoms with Crippen LogP contribution >= 0.6 is 0 Å². The molecule has 0 N–H and O–H groups in total. The van der Waals surface area contributed by atoms with E-state index in [1.165, 1.54) is 5.56 Å². The number of nitriles is 1. The Morgan fingerprint density at radius 2 is 1.73 bits per heavy atom. The molecule has 0 amide bonds. The van der Waals surface area contributed by atoms with Crippen molar-refractivity contribution < 1.29 is 4.74 Å². The Kier molecular flexibility index (Phi) is 6.70. The monoisotopic (exact) mass is 301 g/mol. The molecule has 0 atom stereocenters. The molecule has 1 heterocycles. The maximum Gasteiger partial charge on any atom is 0.119 e. The van der Waals surface area contributed by atoms with E-state index in [1.54, 1.807) is 0 Å². The summed E-state index contributed by atoms with van der Waals surface area (Å²) in [6.45, 7) is 11.3. The number of hydrogen-bond acceptors (Lipinski definition) is 4. The summed E-state index contributed by atoms with van der Waals surface area (Å²) in [7, 11) is 0. The Morgan fingerprint density at radius 1 is 1.09 bits per heavy atom. The molecule has 0 spiro atoms. The predicted octanol–water partition coefficient (Wildman–Crippen LogP) is 2.75. The van der Waals surface area contributed by atoms with E-state index in [1.807, 2.05) is 0 Å². The first-order valence-electron chi connectivity index (χ1n) is 8.21. The van der Waals surface area contributed by atoms with Crippen LogP contribution in [-0.4, -0.2) is 49.1 Å². The summed E-state index contributed by atoms with van der Waals surface area (Å²) in [5.41, 5.74) is 1.34. The van der Waals surface area contributed by atoms with Gasteiger partial charge in [0.2, 0.25) is 0 Å². The third kappa shape index (κ3) is 5.67. The average Bonchev–Trinajstić information content (AvgIpc) is 2.53. The summed E-state index contributed by atoms with van der Waals surface area (Å²) < 4.78 is 5.72. The first kappa shape index (κ1) is 16.8. The van der Waals surface area contributed by atoms with Gasteiger partial charge in [-0.2, -0.15) is 5.26 Å². The van der Waals surface area contributed by atoms with Crippen molar-refractivity contribution in [2.45, 2.75) is 26.8 Å². The molecular formula is C18H27N3O. The maximum atomic E-state index is 8.64. The van der Waals surface area contributed by atoms with Gasteiger partial charge in [0.25, 0.3) is 0 Å². The number of hydrogen-bond donors (Lipinski definition) is 0. The van der Waals surface area contributed by atoms with E-state index < -0.39 is 0 Å². The lowest BCUT2D eigenvalue weighted by molar-refractivity contribution is 0.129. The quantitative estimate of drug-likeness (QED) is 0.776. The van der Waals surface area contributed by atoms with Crippen molar-refractivity contribution in [3.8, 4) is 11.8 Å². The molecule has 0 aromatic heterocycles. The zero-order valence-electron chi connectivity index (χ0n) is 13.8. The van der Waals surface area contributed by atoms with Crippen molar-refractivity contribution >= 4 is 0 Å². The minimum absolute atomic E-state index is 0.553. The first-order valence-corrected chi connectivity index (χ1v) is 8.21. The minimum atomic E-state index is 0.553. The molecule has 1 aliphatic heterocycles. The standard InChI is InChI=1S/C18H27N3O/c1-16(2)15-22-18-6-4-17(5-7-18)14-21-12-10-20(11-13-21)9-3-8-19/h4-7,16H,3,9-15H2,1-2H3. The van der Waals surface area contributed by atoms with Gasteiger partial charge in [0.05, 0.1) is 12.7 Å². The van der Waals surface area contributed by atoms with Crippen molar-refractivity contribution in [3.63, 3.8) is 0 Å². The van der Waals surface area contributed by atoms with Crippen LogP contribution in [0.5, 0.6) is 5.75 Å². The van der Waals surface area contributed by atoms with Gasteiger partial charge in [-0.3, -0.25) is 9.80 Å². The first-order chi connectivity index (χ1) is 10.7. The fraction of sp³-hybridized carbons (Fsp3) is 0.611. The molecule has 22 heavy (non-hydrogen) atoms. The molecule has 1 aromatic carbocycles. The van der Waals surface area contributed by atoms with Gasteiger partial charge in [-0.25, -0.2) is 0 Å². The average molecular weight is 301 g/mol. The summed E-state index contributed by atoms with van der Waals surface area (Å²) in [5, 5.41) is 8.64. The smallest absolute Gasteiger partial charge is 0.119 e. The Balaban J connectivity index is 1.74. The van der Waals surface area contributed by atoms with Crippen molar-refractivity contribution in [3.05, 3.63) is 29.8 Å². The Morgan fingerprint density at radius 3 is 2.32 bits per heavy atom. The van der Waals surface area contributed by atoms with Crippen molar-refractivity contribution in [2.24, 2.45) is 5.92 Å². The molecule has 4 heteroatoms. The van der Waals surface area contributed by atoms with E-state index >= 15 is 0 Å². The van der Waals surface area contributed by atoms with Crippen molar-refractivity contribution in [1.29, 1.82) is 5.26 Å². The molecule has 1 fully saturated rings. The van der Waals surface area contributed by atoms with Gasteiger partial charge in [-0.15, -0.1) is 0 Å². The highest BCUT2D eigenvalue weighted by molar-refractivity contribution is 5.27. The largest absolute Gasteiger partial charge is 0.493 e. The number of piperazine rings is 1. The van der Waals surface area contributed by atoms with Gasteiger partial charge in [-0.05, 0) is 23.6 Å². The molecule has 0 radical (unpaired) electrons. The Bertz CT molecular complexity index is 470. The van der Waals surface area contributed by atoms with Crippen LogP contribution in [0.1, 0.15) is 25.8 Å². The maximum absolute atomic E-state index is 8.64. The van der Waals surface area contributed by atoms with E-state index in [0.29, 0.717) is 12.3 Å². The lowest BCUT2D eigenvalue weighted by Gasteiger charge is -2.34. The fourth-order valence-corrected chi connectivity index (χ4v) is 2.59. The van der Waals surface area contributed by atoms with E-state index in [-0.39, 0.29) is 0 Å². The van der Waals surface area contributed by atoms with Crippen LogP contribution in [0.25, 0.3) is 0 Å². The van der Waals surface area contributed by atoms with Gasteiger partial charge < -0.3 is 4.74 Å². The summed E-state index contributed by atoms with van der Waals surface area (Å²) in [6.07, 6.45) is 0.637. The summed E-state index contributed by atoms with van der Waals surface area (Å²) in [6, 6.07) is 10.7.